The Kier molecular flexibility index (Phi) is 4.31. The molecular formula is C31H22O. The zero-order valence-corrected chi connectivity index (χ0v) is 17.6. The van der Waals surface area contributed by atoms with Gasteiger partial charge in [0.2, 0.25) is 0 Å². The molecular weight excluding hydrogens is 388 g/mol. The van der Waals surface area contributed by atoms with Gasteiger partial charge in [0.1, 0.15) is 5.60 Å². The monoisotopic (exact) mass is 410 g/mol. The highest BCUT2D eigenvalue weighted by atomic mass is 16.3. The molecule has 6 aromatic rings. The minimum atomic E-state index is -1.33. The summed E-state index contributed by atoms with van der Waals surface area (Å²) in [5, 5.41) is 19.4. The first-order chi connectivity index (χ1) is 15.8. The van der Waals surface area contributed by atoms with Gasteiger partial charge in [0.05, 0.1) is 0 Å². The van der Waals surface area contributed by atoms with E-state index >= 15 is 0 Å². The predicted octanol–water partition coefficient (Wildman–Crippen LogP) is 7.43. The Hall–Kier alpha value is -3.94. The number of rotatable bonds is 3. The average molecular weight is 411 g/mol. The van der Waals surface area contributed by atoms with Crippen molar-refractivity contribution in [3.05, 3.63) is 144 Å². The van der Waals surface area contributed by atoms with Crippen LogP contribution in [0.25, 0.3) is 32.3 Å². The number of benzene rings is 6. The maximum atomic E-state index is 12.9. The highest BCUT2D eigenvalue weighted by Gasteiger charge is 2.37. The summed E-state index contributed by atoms with van der Waals surface area (Å²) in [6.45, 7) is 0. The van der Waals surface area contributed by atoms with E-state index in [2.05, 4.69) is 72.8 Å². The average Bonchev–Trinajstić information content (AvgIpc) is 2.87. The molecule has 0 unspecified atom stereocenters. The molecule has 1 N–H and O–H groups in total. The lowest BCUT2D eigenvalue weighted by Crippen LogP contribution is -2.30. The largest absolute Gasteiger partial charge is 0.376 e. The summed E-state index contributed by atoms with van der Waals surface area (Å²) in [6, 6.07) is 43.5. The van der Waals surface area contributed by atoms with Crippen LogP contribution < -0.4 is 0 Å². The van der Waals surface area contributed by atoms with Crippen molar-refractivity contribution in [1.29, 1.82) is 0 Å². The van der Waals surface area contributed by atoms with E-state index in [1.54, 1.807) is 0 Å². The van der Waals surface area contributed by atoms with E-state index in [0.717, 1.165) is 49.0 Å². The molecule has 0 fully saturated rings. The summed E-state index contributed by atoms with van der Waals surface area (Å²) < 4.78 is 0. The van der Waals surface area contributed by atoms with Crippen LogP contribution in [0.2, 0.25) is 0 Å². The lowest BCUT2D eigenvalue weighted by atomic mass is 9.75. The summed E-state index contributed by atoms with van der Waals surface area (Å²) in [4.78, 5) is 0. The van der Waals surface area contributed by atoms with Gasteiger partial charge in [0, 0.05) is 16.7 Å². The van der Waals surface area contributed by atoms with E-state index in [1.165, 1.54) is 0 Å². The van der Waals surface area contributed by atoms with Gasteiger partial charge in [-0.05, 0) is 32.3 Å². The predicted molar refractivity (Wildman–Crippen MR) is 134 cm³/mol. The van der Waals surface area contributed by atoms with Crippen molar-refractivity contribution in [3.63, 3.8) is 0 Å². The smallest absolute Gasteiger partial charge is 0.142 e. The van der Waals surface area contributed by atoms with Crippen molar-refractivity contribution in [2.75, 3.05) is 0 Å². The van der Waals surface area contributed by atoms with E-state index in [9.17, 15) is 5.11 Å². The summed E-state index contributed by atoms with van der Waals surface area (Å²) in [7, 11) is 0. The maximum absolute atomic E-state index is 12.9. The topological polar surface area (TPSA) is 20.2 Å². The van der Waals surface area contributed by atoms with Crippen LogP contribution in [-0.2, 0) is 5.60 Å². The molecule has 0 heterocycles. The van der Waals surface area contributed by atoms with Crippen LogP contribution in [0.3, 0.4) is 0 Å². The SMILES string of the molecule is OC(c1cccc2ccccc12)(c1cccc2ccccc12)c1cccc2ccccc12. The second-order valence-corrected chi connectivity index (χ2v) is 8.29. The van der Waals surface area contributed by atoms with Gasteiger partial charge in [0.15, 0.2) is 0 Å². The Bertz CT molecular complexity index is 1390. The second-order valence-electron chi connectivity index (χ2n) is 8.29. The lowest BCUT2D eigenvalue weighted by molar-refractivity contribution is 0.130. The van der Waals surface area contributed by atoms with Crippen molar-refractivity contribution < 1.29 is 5.11 Å². The highest BCUT2D eigenvalue weighted by Crippen LogP contribution is 2.44. The molecule has 0 aliphatic rings. The highest BCUT2D eigenvalue weighted by molar-refractivity contribution is 5.95. The molecule has 32 heavy (non-hydrogen) atoms. The van der Waals surface area contributed by atoms with Crippen molar-refractivity contribution in [2.24, 2.45) is 0 Å². The van der Waals surface area contributed by atoms with Crippen LogP contribution >= 0.6 is 0 Å². The van der Waals surface area contributed by atoms with Gasteiger partial charge in [-0.1, -0.05) is 127 Å². The molecule has 6 aromatic carbocycles. The third-order valence-electron chi connectivity index (χ3n) is 6.54. The van der Waals surface area contributed by atoms with Crippen LogP contribution in [0, 0.1) is 0 Å². The number of aliphatic hydroxyl groups is 1. The van der Waals surface area contributed by atoms with E-state index in [1.807, 2.05) is 54.6 Å². The second kappa shape index (κ2) is 7.33. The maximum Gasteiger partial charge on any atom is 0.142 e. The fraction of sp³-hybridized carbons (Fsp3) is 0.0323. The molecule has 0 aliphatic carbocycles. The Labute approximate surface area is 187 Å². The summed E-state index contributed by atoms with van der Waals surface area (Å²) >= 11 is 0. The van der Waals surface area contributed by atoms with E-state index in [-0.39, 0.29) is 0 Å². The summed E-state index contributed by atoms with van der Waals surface area (Å²) in [6.07, 6.45) is 0. The third-order valence-corrected chi connectivity index (χ3v) is 6.54. The first kappa shape index (κ1) is 18.8. The Morgan fingerprint density at radius 3 is 0.969 bits per heavy atom. The van der Waals surface area contributed by atoms with Crippen molar-refractivity contribution >= 4 is 32.3 Å². The molecule has 0 amide bonds. The van der Waals surface area contributed by atoms with Crippen LogP contribution in [0.15, 0.2) is 127 Å². The summed E-state index contributed by atoms with van der Waals surface area (Å²) in [5.41, 5.74) is 1.35. The van der Waals surface area contributed by atoms with E-state index in [0.29, 0.717) is 0 Å². The fourth-order valence-corrected chi connectivity index (χ4v) is 5.06. The number of hydrogen-bond acceptors (Lipinski definition) is 1. The van der Waals surface area contributed by atoms with E-state index < -0.39 is 5.60 Å². The van der Waals surface area contributed by atoms with Gasteiger partial charge < -0.3 is 5.11 Å². The molecule has 6 rings (SSSR count). The molecule has 1 heteroatoms. The molecule has 0 spiro atoms. The molecule has 1 nitrogen and oxygen atoms in total. The third kappa shape index (κ3) is 2.76. The first-order valence-electron chi connectivity index (χ1n) is 10.9. The fourth-order valence-electron chi connectivity index (χ4n) is 5.06. The van der Waals surface area contributed by atoms with Crippen molar-refractivity contribution in [2.45, 2.75) is 5.60 Å². The zero-order valence-electron chi connectivity index (χ0n) is 17.6. The first-order valence-corrected chi connectivity index (χ1v) is 10.9. The van der Waals surface area contributed by atoms with Gasteiger partial charge >= 0.3 is 0 Å². The van der Waals surface area contributed by atoms with Crippen molar-refractivity contribution in [3.8, 4) is 0 Å². The van der Waals surface area contributed by atoms with Gasteiger partial charge in [-0.3, -0.25) is 0 Å². The van der Waals surface area contributed by atoms with Crippen LogP contribution in [0.1, 0.15) is 16.7 Å². The van der Waals surface area contributed by atoms with Gasteiger partial charge in [-0.15, -0.1) is 0 Å². The van der Waals surface area contributed by atoms with E-state index in [4.69, 9.17) is 0 Å². The van der Waals surface area contributed by atoms with Crippen molar-refractivity contribution in [1.82, 2.24) is 0 Å². The minimum absolute atomic E-state index is 0.892. The standard InChI is InChI=1S/C31H22O/c32-31(28-19-7-13-22-10-1-4-16-25(22)28,29-20-8-14-23-11-2-5-17-26(23)29)30-21-9-15-24-12-3-6-18-27(24)30/h1-21,32H. The van der Waals surface area contributed by atoms with Gasteiger partial charge in [-0.2, -0.15) is 0 Å². The lowest BCUT2D eigenvalue weighted by Gasteiger charge is -2.33. The molecule has 0 aromatic heterocycles. The van der Waals surface area contributed by atoms with Crippen LogP contribution in [0.5, 0.6) is 0 Å². The van der Waals surface area contributed by atoms with Gasteiger partial charge in [0.25, 0.3) is 0 Å². The van der Waals surface area contributed by atoms with Crippen LogP contribution in [0.4, 0.5) is 0 Å². The number of hydrogen-bond donors (Lipinski definition) is 1. The molecule has 0 radical (unpaired) electrons. The minimum Gasteiger partial charge on any atom is -0.376 e. The molecule has 0 saturated carbocycles. The quantitative estimate of drug-likeness (QED) is 0.301. The van der Waals surface area contributed by atoms with Gasteiger partial charge in [-0.25, -0.2) is 0 Å². The summed E-state index contributed by atoms with van der Waals surface area (Å²) in [5.74, 6) is 0. The number of fused-ring (bicyclic) bond motifs is 3. The van der Waals surface area contributed by atoms with Crippen LogP contribution in [-0.4, -0.2) is 5.11 Å². The Morgan fingerprint density at radius 2 is 0.625 bits per heavy atom. The molecule has 0 aliphatic heterocycles. The zero-order chi connectivity index (χ0) is 21.5. The normalized spacial score (nSPS) is 11.9. The Morgan fingerprint density at radius 1 is 0.344 bits per heavy atom. The molecule has 0 saturated heterocycles. The molecule has 152 valence electrons. The Balaban J connectivity index is 1.81. The molecule has 0 bridgehead atoms. The molecule has 0 atom stereocenters.